The van der Waals surface area contributed by atoms with E-state index in [9.17, 15) is 4.79 Å². The molecule has 0 aliphatic carbocycles. The topological polar surface area (TPSA) is 90.4 Å². The van der Waals surface area contributed by atoms with Crippen molar-refractivity contribution in [3.05, 3.63) is 60.2 Å². The normalized spacial score (nSPS) is 10.5. The van der Waals surface area contributed by atoms with Crippen molar-refractivity contribution in [2.24, 2.45) is 5.84 Å². The lowest BCUT2D eigenvalue weighted by Gasteiger charge is -2.04. The van der Waals surface area contributed by atoms with Gasteiger partial charge in [0.05, 0.1) is 17.3 Å². The highest BCUT2D eigenvalue weighted by Gasteiger charge is 2.09. The molecule has 0 unspecified atom stereocenters. The third-order valence-corrected chi connectivity index (χ3v) is 2.99. The Hall–Kier alpha value is -2.86. The molecule has 2 heterocycles. The van der Waals surface area contributed by atoms with Crippen LogP contribution in [0.4, 0.5) is 0 Å². The molecule has 0 aliphatic rings. The summed E-state index contributed by atoms with van der Waals surface area (Å²) in [5.41, 5.74) is 3.30. The van der Waals surface area contributed by atoms with Crippen LogP contribution < -0.4 is 16.0 Å². The zero-order valence-corrected chi connectivity index (χ0v) is 11.1. The molecule has 0 saturated heterocycles. The van der Waals surface area contributed by atoms with E-state index in [0.717, 1.165) is 10.9 Å². The van der Waals surface area contributed by atoms with Gasteiger partial charge in [0.15, 0.2) is 0 Å². The molecule has 1 aromatic carbocycles. The summed E-state index contributed by atoms with van der Waals surface area (Å²) in [7, 11) is 0. The van der Waals surface area contributed by atoms with Crippen molar-refractivity contribution >= 4 is 16.8 Å². The van der Waals surface area contributed by atoms with Crippen molar-refractivity contribution in [1.82, 2.24) is 10.4 Å². The molecule has 21 heavy (non-hydrogen) atoms. The molecule has 3 aromatic rings. The number of nitrogens with one attached hydrogen (secondary N) is 1. The molecule has 0 bridgehead atoms. The largest absolute Gasteiger partial charge is 0.484 e. The first-order valence-electron chi connectivity index (χ1n) is 6.32. The maximum Gasteiger partial charge on any atom is 0.268 e. The number of hydrogen-bond acceptors (Lipinski definition) is 5. The predicted molar refractivity (Wildman–Crippen MR) is 76.4 cm³/mol. The van der Waals surface area contributed by atoms with Gasteiger partial charge in [-0.25, -0.2) is 5.84 Å². The van der Waals surface area contributed by atoms with Gasteiger partial charge in [0.1, 0.15) is 24.4 Å². The summed E-state index contributed by atoms with van der Waals surface area (Å²) in [5, 5.41) is 0.998. The highest BCUT2D eigenvalue weighted by Crippen LogP contribution is 2.19. The minimum absolute atomic E-state index is 0.206. The number of nitrogens with zero attached hydrogens (tertiary/aromatic N) is 1. The third kappa shape index (κ3) is 2.85. The van der Waals surface area contributed by atoms with Crippen LogP contribution in [0.1, 0.15) is 16.1 Å². The Morgan fingerprint density at radius 2 is 2.19 bits per heavy atom. The molecule has 3 rings (SSSR count). The van der Waals surface area contributed by atoms with Gasteiger partial charge in [-0.2, -0.15) is 0 Å². The number of benzene rings is 1. The fraction of sp³-hybridized carbons (Fsp3) is 0.0667. The quantitative estimate of drug-likeness (QED) is 0.434. The van der Waals surface area contributed by atoms with Crippen molar-refractivity contribution in [1.29, 1.82) is 0 Å². The van der Waals surface area contributed by atoms with E-state index in [1.165, 1.54) is 6.26 Å². The second kappa shape index (κ2) is 5.64. The zero-order chi connectivity index (χ0) is 14.7. The molecule has 0 saturated carbocycles. The Labute approximate surface area is 120 Å². The maximum atomic E-state index is 11.3. The lowest BCUT2D eigenvalue weighted by atomic mass is 10.2. The smallest absolute Gasteiger partial charge is 0.268 e. The highest BCUT2D eigenvalue weighted by molar-refractivity contribution is 5.93. The molecule has 1 amide bonds. The maximum absolute atomic E-state index is 11.3. The number of fused-ring (bicyclic) bond motifs is 1. The highest BCUT2D eigenvalue weighted by atomic mass is 16.5. The van der Waals surface area contributed by atoms with Crippen LogP contribution in [0.5, 0.6) is 5.75 Å². The van der Waals surface area contributed by atoms with E-state index in [0.29, 0.717) is 17.1 Å². The van der Waals surface area contributed by atoms with Gasteiger partial charge in [0.25, 0.3) is 5.91 Å². The number of nitrogens with two attached hydrogens (primary N) is 1. The number of carbonyl (C=O) groups is 1. The van der Waals surface area contributed by atoms with Gasteiger partial charge in [-0.15, -0.1) is 0 Å². The molecule has 0 spiro atoms. The van der Waals surface area contributed by atoms with Gasteiger partial charge in [0, 0.05) is 5.39 Å². The van der Waals surface area contributed by atoms with Crippen LogP contribution in [0, 0.1) is 0 Å². The summed E-state index contributed by atoms with van der Waals surface area (Å²) in [6.07, 6.45) is 2.98. The molecule has 0 radical (unpaired) electrons. The van der Waals surface area contributed by atoms with Crippen molar-refractivity contribution in [3.63, 3.8) is 0 Å². The first-order valence-corrected chi connectivity index (χ1v) is 6.32. The molecule has 6 heteroatoms. The standard InChI is InChI=1S/C15H13N3O3/c16-18-15(19)11-6-13(20-8-11)9-21-12-5-10-3-1-2-4-14(10)17-7-12/h1-8H,9,16H2,(H,18,19). The van der Waals surface area contributed by atoms with Gasteiger partial charge in [-0.3, -0.25) is 15.2 Å². The van der Waals surface area contributed by atoms with Crippen LogP contribution >= 0.6 is 0 Å². The fourth-order valence-electron chi connectivity index (χ4n) is 1.94. The Morgan fingerprint density at radius 3 is 3.05 bits per heavy atom. The van der Waals surface area contributed by atoms with Crippen molar-refractivity contribution in [2.45, 2.75) is 6.61 Å². The second-order valence-corrected chi connectivity index (χ2v) is 4.43. The number of pyridine rings is 1. The van der Waals surface area contributed by atoms with Crippen LogP contribution in [0.15, 0.2) is 53.3 Å². The van der Waals surface area contributed by atoms with Gasteiger partial charge in [-0.05, 0) is 18.2 Å². The predicted octanol–water partition coefficient (Wildman–Crippen LogP) is 2.01. The van der Waals surface area contributed by atoms with Crippen LogP contribution in [0.25, 0.3) is 10.9 Å². The summed E-state index contributed by atoms with van der Waals surface area (Å²) in [4.78, 5) is 15.6. The van der Waals surface area contributed by atoms with E-state index >= 15 is 0 Å². The number of hydrogen-bond donors (Lipinski definition) is 2. The number of amides is 1. The monoisotopic (exact) mass is 283 g/mol. The molecule has 3 N–H and O–H groups in total. The Kier molecular flexibility index (Phi) is 3.53. The van der Waals surface area contributed by atoms with E-state index in [1.807, 2.05) is 35.8 Å². The van der Waals surface area contributed by atoms with Crippen molar-refractivity contribution in [2.75, 3.05) is 0 Å². The van der Waals surface area contributed by atoms with Gasteiger partial charge in [-0.1, -0.05) is 18.2 Å². The SMILES string of the molecule is NNC(=O)c1coc(COc2cnc3ccccc3c2)c1. The van der Waals surface area contributed by atoms with E-state index in [2.05, 4.69) is 4.98 Å². The van der Waals surface area contributed by atoms with Crippen LogP contribution in [0.2, 0.25) is 0 Å². The summed E-state index contributed by atoms with van der Waals surface area (Å²) in [6, 6.07) is 11.3. The first kappa shape index (κ1) is 13.1. The molecule has 0 atom stereocenters. The van der Waals surface area contributed by atoms with Crippen LogP contribution in [-0.2, 0) is 6.61 Å². The molecule has 6 nitrogen and oxygen atoms in total. The summed E-state index contributed by atoms with van der Waals surface area (Å²) < 4.78 is 10.8. The number of rotatable bonds is 4. The molecule has 2 aromatic heterocycles. The summed E-state index contributed by atoms with van der Waals surface area (Å²) in [6.45, 7) is 0.206. The lowest BCUT2D eigenvalue weighted by Crippen LogP contribution is -2.29. The van der Waals surface area contributed by atoms with Gasteiger partial charge >= 0.3 is 0 Å². The molecular formula is C15H13N3O3. The Balaban J connectivity index is 1.71. The van der Waals surface area contributed by atoms with E-state index in [1.54, 1.807) is 12.3 Å². The van der Waals surface area contributed by atoms with E-state index in [4.69, 9.17) is 15.0 Å². The minimum Gasteiger partial charge on any atom is -0.484 e. The number of carbonyl (C=O) groups excluding carboxylic acids is 1. The van der Waals surface area contributed by atoms with Crippen molar-refractivity contribution < 1.29 is 13.9 Å². The number of para-hydroxylation sites is 1. The number of hydrazine groups is 1. The average molecular weight is 283 g/mol. The first-order chi connectivity index (χ1) is 10.3. The van der Waals surface area contributed by atoms with Crippen molar-refractivity contribution in [3.8, 4) is 5.75 Å². The molecular weight excluding hydrogens is 270 g/mol. The third-order valence-electron chi connectivity index (χ3n) is 2.99. The number of aromatic nitrogens is 1. The lowest BCUT2D eigenvalue weighted by molar-refractivity contribution is 0.0953. The Bertz CT molecular complexity index is 782. The average Bonchev–Trinajstić information content (AvgIpc) is 3.01. The molecule has 0 fully saturated rings. The van der Waals surface area contributed by atoms with E-state index in [-0.39, 0.29) is 6.61 Å². The van der Waals surface area contributed by atoms with Gasteiger partial charge in [0.2, 0.25) is 0 Å². The molecule has 106 valence electrons. The van der Waals surface area contributed by atoms with Crippen LogP contribution in [-0.4, -0.2) is 10.9 Å². The summed E-state index contributed by atoms with van der Waals surface area (Å²) >= 11 is 0. The Morgan fingerprint density at radius 1 is 1.33 bits per heavy atom. The number of ether oxygens (including phenoxy) is 1. The van der Waals surface area contributed by atoms with Gasteiger partial charge < -0.3 is 9.15 Å². The minimum atomic E-state index is -0.405. The zero-order valence-electron chi connectivity index (χ0n) is 11.1. The summed E-state index contributed by atoms with van der Waals surface area (Å²) in [5.74, 6) is 5.81. The van der Waals surface area contributed by atoms with Crippen LogP contribution in [0.3, 0.4) is 0 Å². The number of nitrogen functional groups attached to an aromatic ring is 1. The number of furan rings is 1. The second-order valence-electron chi connectivity index (χ2n) is 4.43. The van der Waals surface area contributed by atoms with E-state index < -0.39 is 5.91 Å². The molecule has 0 aliphatic heterocycles. The fourth-order valence-corrected chi connectivity index (χ4v) is 1.94.